The summed E-state index contributed by atoms with van der Waals surface area (Å²) in [4.78, 5) is 10.7. The lowest BCUT2D eigenvalue weighted by atomic mass is 10.1. The number of ether oxygens (including phenoxy) is 1. The summed E-state index contributed by atoms with van der Waals surface area (Å²) in [5, 5.41) is 12.7. The molecule has 1 aliphatic rings. The molecule has 0 amide bonds. The van der Waals surface area contributed by atoms with Crippen LogP contribution in [0.25, 0.3) is 22.3 Å². The van der Waals surface area contributed by atoms with Gasteiger partial charge in [0.2, 0.25) is 0 Å². The number of rotatable bonds is 6. The molecular weight excluding hydrogens is 433 g/mol. The Morgan fingerprint density at radius 2 is 2.06 bits per heavy atom. The first kappa shape index (κ1) is 23.0. The molecule has 4 rings (SSSR count). The summed E-state index contributed by atoms with van der Waals surface area (Å²) >= 11 is 0. The first-order chi connectivity index (χ1) is 15.9. The van der Waals surface area contributed by atoms with E-state index in [0.29, 0.717) is 17.5 Å². The highest BCUT2D eigenvalue weighted by molar-refractivity contribution is 5.84. The molecule has 1 saturated heterocycles. The van der Waals surface area contributed by atoms with Gasteiger partial charge in [0.1, 0.15) is 17.3 Å². The van der Waals surface area contributed by atoms with E-state index in [1.807, 2.05) is 6.07 Å². The largest absolute Gasteiger partial charge is 0.493 e. The van der Waals surface area contributed by atoms with E-state index in [9.17, 15) is 18.4 Å². The maximum Gasteiger partial charge on any atom is 0.419 e. The molecule has 1 fully saturated rings. The molecule has 1 aliphatic heterocycles. The lowest BCUT2D eigenvalue weighted by Crippen LogP contribution is -2.29. The predicted molar refractivity (Wildman–Crippen MR) is 118 cm³/mol. The van der Waals surface area contributed by atoms with Crippen LogP contribution >= 0.6 is 0 Å². The second-order valence-corrected chi connectivity index (χ2v) is 8.05. The third-order valence-electron chi connectivity index (χ3n) is 5.71. The smallest absolute Gasteiger partial charge is 0.419 e. The van der Waals surface area contributed by atoms with Crippen molar-refractivity contribution in [3.8, 4) is 23.1 Å². The minimum atomic E-state index is -4.59. The fourth-order valence-corrected chi connectivity index (χ4v) is 3.99. The van der Waals surface area contributed by atoms with Crippen molar-refractivity contribution in [3.05, 3.63) is 41.9 Å². The van der Waals surface area contributed by atoms with E-state index >= 15 is 0 Å². The number of nitrogens with zero attached hydrogens (tertiary/aromatic N) is 5. The number of nitrogens with one attached hydrogen (secondary N) is 1. The second kappa shape index (κ2) is 9.77. The summed E-state index contributed by atoms with van der Waals surface area (Å²) in [6.45, 7) is 4.81. The predicted octanol–water partition coefficient (Wildman–Crippen LogP) is 3.59. The van der Waals surface area contributed by atoms with Crippen LogP contribution in [0.3, 0.4) is 0 Å². The number of hydrogen-bond donors (Lipinski definition) is 1. The van der Waals surface area contributed by atoms with Crippen LogP contribution in [0.4, 0.5) is 13.2 Å². The SMILES string of the molecule is Cn1cnc2c(C#N)nc(-c3ccc(OCCCN4CCCNCC4)c(C(F)(F)F)c3)cc21. The molecule has 0 atom stereocenters. The van der Waals surface area contributed by atoms with Gasteiger partial charge in [-0.15, -0.1) is 0 Å². The van der Waals surface area contributed by atoms with Gasteiger partial charge in [-0.05, 0) is 50.2 Å². The Labute approximate surface area is 189 Å². The van der Waals surface area contributed by atoms with Gasteiger partial charge >= 0.3 is 6.18 Å². The summed E-state index contributed by atoms with van der Waals surface area (Å²) < 4.78 is 48.7. The fourth-order valence-electron chi connectivity index (χ4n) is 3.99. The average molecular weight is 458 g/mol. The number of halogens is 3. The molecule has 10 heteroatoms. The quantitative estimate of drug-likeness (QED) is 0.569. The lowest BCUT2D eigenvalue weighted by Gasteiger charge is -2.20. The van der Waals surface area contributed by atoms with E-state index in [2.05, 4.69) is 20.2 Å². The van der Waals surface area contributed by atoms with Crippen molar-refractivity contribution in [2.75, 3.05) is 39.3 Å². The Morgan fingerprint density at radius 3 is 2.85 bits per heavy atom. The Morgan fingerprint density at radius 1 is 1.21 bits per heavy atom. The van der Waals surface area contributed by atoms with E-state index in [0.717, 1.165) is 45.2 Å². The zero-order chi connectivity index (χ0) is 23.4. The number of fused-ring (bicyclic) bond motifs is 1. The van der Waals surface area contributed by atoms with Gasteiger partial charge in [-0.3, -0.25) is 0 Å². The Bertz CT molecular complexity index is 1160. The van der Waals surface area contributed by atoms with Gasteiger partial charge in [0.25, 0.3) is 0 Å². The number of pyridine rings is 1. The van der Waals surface area contributed by atoms with Crippen molar-refractivity contribution in [2.45, 2.75) is 19.0 Å². The third kappa shape index (κ3) is 5.26. The lowest BCUT2D eigenvalue weighted by molar-refractivity contribution is -0.138. The summed E-state index contributed by atoms with van der Waals surface area (Å²) in [6, 6.07) is 7.50. The van der Waals surface area contributed by atoms with Crippen LogP contribution in [-0.2, 0) is 13.2 Å². The molecule has 1 aromatic carbocycles. The first-order valence-corrected chi connectivity index (χ1v) is 10.9. The van der Waals surface area contributed by atoms with Crippen molar-refractivity contribution in [3.63, 3.8) is 0 Å². The van der Waals surface area contributed by atoms with Crippen molar-refractivity contribution < 1.29 is 17.9 Å². The normalized spacial score (nSPS) is 15.4. The maximum atomic E-state index is 13.8. The van der Waals surface area contributed by atoms with Gasteiger partial charge in [-0.2, -0.15) is 18.4 Å². The molecule has 1 N–H and O–H groups in total. The Hall–Kier alpha value is -3.16. The minimum absolute atomic E-state index is 0.0701. The van der Waals surface area contributed by atoms with Crippen LogP contribution < -0.4 is 10.1 Å². The van der Waals surface area contributed by atoms with Gasteiger partial charge in [-0.25, -0.2) is 9.97 Å². The summed E-state index contributed by atoms with van der Waals surface area (Å²) in [5.74, 6) is -0.203. The standard InChI is InChI=1S/C23H25F3N6O/c1-31-15-29-22-19(14-27)30-18(13-20(22)31)16-4-5-21(17(12-16)23(24,25)26)33-11-3-9-32-8-2-6-28-7-10-32/h4-5,12-13,15,28H,2-3,6-11H2,1H3. The van der Waals surface area contributed by atoms with E-state index in [-0.39, 0.29) is 29.3 Å². The highest BCUT2D eigenvalue weighted by atomic mass is 19.4. The summed E-state index contributed by atoms with van der Waals surface area (Å²) in [7, 11) is 1.75. The second-order valence-electron chi connectivity index (χ2n) is 8.05. The number of benzene rings is 1. The maximum absolute atomic E-state index is 13.8. The fraction of sp³-hybridized carbons (Fsp3) is 0.435. The molecule has 3 heterocycles. The molecule has 0 spiro atoms. The molecule has 3 aromatic rings. The first-order valence-electron chi connectivity index (χ1n) is 10.9. The monoisotopic (exact) mass is 458 g/mol. The van der Waals surface area contributed by atoms with Crippen LogP contribution in [0.2, 0.25) is 0 Å². The van der Waals surface area contributed by atoms with Crippen molar-refractivity contribution in [1.29, 1.82) is 5.26 Å². The summed E-state index contributed by atoms with van der Waals surface area (Å²) in [5.41, 5.74) is 0.778. The van der Waals surface area contributed by atoms with E-state index in [1.54, 1.807) is 17.7 Å². The number of nitriles is 1. The van der Waals surface area contributed by atoms with Crippen LogP contribution in [-0.4, -0.2) is 58.8 Å². The van der Waals surface area contributed by atoms with Crippen LogP contribution in [0.5, 0.6) is 5.75 Å². The summed E-state index contributed by atoms with van der Waals surface area (Å²) in [6.07, 6.45) is -1.34. The highest BCUT2D eigenvalue weighted by Crippen LogP contribution is 2.39. The molecule has 0 bridgehead atoms. The number of aromatic nitrogens is 3. The van der Waals surface area contributed by atoms with Gasteiger partial charge in [-0.1, -0.05) is 0 Å². The van der Waals surface area contributed by atoms with Gasteiger partial charge < -0.3 is 19.5 Å². The van der Waals surface area contributed by atoms with Crippen LogP contribution in [0, 0.1) is 11.3 Å². The Kier molecular flexibility index (Phi) is 6.81. The topological polar surface area (TPSA) is 79.0 Å². The molecule has 0 radical (unpaired) electrons. The third-order valence-corrected chi connectivity index (χ3v) is 5.71. The minimum Gasteiger partial charge on any atom is -0.493 e. The van der Waals surface area contributed by atoms with Crippen molar-refractivity contribution >= 4 is 11.0 Å². The molecule has 2 aromatic heterocycles. The number of alkyl halides is 3. The number of aryl methyl sites for hydroxylation is 1. The van der Waals surface area contributed by atoms with Crippen LogP contribution in [0.15, 0.2) is 30.6 Å². The average Bonchev–Trinajstić information content (AvgIpc) is 2.99. The van der Waals surface area contributed by atoms with Gasteiger partial charge in [0, 0.05) is 32.2 Å². The number of hydrogen-bond acceptors (Lipinski definition) is 6. The van der Waals surface area contributed by atoms with Gasteiger partial charge in [0.15, 0.2) is 5.69 Å². The van der Waals surface area contributed by atoms with Crippen molar-refractivity contribution in [2.24, 2.45) is 7.05 Å². The molecule has 0 aliphatic carbocycles. The molecule has 7 nitrogen and oxygen atoms in total. The van der Waals surface area contributed by atoms with E-state index in [4.69, 9.17) is 4.74 Å². The van der Waals surface area contributed by atoms with Crippen LogP contribution in [0.1, 0.15) is 24.1 Å². The Balaban J connectivity index is 1.54. The molecule has 174 valence electrons. The highest BCUT2D eigenvalue weighted by Gasteiger charge is 2.35. The van der Waals surface area contributed by atoms with Gasteiger partial charge in [0.05, 0.1) is 29.7 Å². The molecule has 0 unspecified atom stereocenters. The molecule has 33 heavy (non-hydrogen) atoms. The number of imidazole rings is 1. The van der Waals surface area contributed by atoms with Crippen molar-refractivity contribution in [1.82, 2.24) is 24.8 Å². The molecule has 0 saturated carbocycles. The zero-order valence-corrected chi connectivity index (χ0v) is 18.3. The zero-order valence-electron chi connectivity index (χ0n) is 18.3. The van der Waals surface area contributed by atoms with E-state index in [1.165, 1.54) is 18.5 Å². The molecular formula is C23H25F3N6O. The van der Waals surface area contributed by atoms with E-state index < -0.39 is 11.7 Å².